The quantitative estimate of drug-likeness (QED) is 0.747. The maximum Gasteiger partial charge on any atom is 0.230 e. The molecule has 1 aliphatic heterocycles. The van der Waals surface area contributed by atoms with Crippen LogP contribution in [0, 0.1) is 0 Å². The van der Waals surface area contributed by atoms with E-state index in [0.29, 0.717) is 18.5 Å². The zero-order chi connectivity index (χ0) is 16.4. The zero-order valence-electron chi connectivity index (χ0n) is 13.6. The van der Waals surface area contributed by atoms with Gasteiger partial charge in [-0.15, -0.1) is 0 Å². The van der Waals surface area contributed by atoms with Gasteiger partial charge in [0.1, 0.15) is 5.82 Å². The van der Waals surface area contributed by atoms with Gasteiger partial charge >= 0.3 is 0 Å². The van der Waals surface area contributed by atoms with Gasteiger partial charge in [-0.05, 0) is 32.0 Å². The number of rotatable bonds is 5. The van der Waals surface area contributed by atoms with Gasteiger partial charge in [-0.2, -0.15) is 0 Å². The molecule has 1 unspecified atom stereocenters. The van der Waals surface area contributed by atoms with E-state index in [4.69, 9.17) is 9.72 Å². The van der Waals surface area contributed by atoms with E-state index in [-0.39, 0.29) is 0 Å². The summed E-state index contributed by atoms with van der Waals surface area (Å²) in [6.45, 7) is 4.55. The molecule has 24 heavy (non-hydrogen) atoms. The Labute approximate surface area is 140 Å². The van der Waals surface area contributed by atoms with E-state index < -0.39 is 0 Å². The Bertz CT molecular complexity index is 840. The fourth-order valence-electron chi connectivity index (χ4n) is 2.93. The number of anilines is 1. The van der Waals surface area contributed by atoms with Gasteiger partial charge in [0.2, 0.25) is 5.88 Å². The summed E-state index contributed by atoms with van der Waals surface area (Å²) in [5.41, 5.74) is 2.56. The predicted octanol–water partition coefficient (Wildman–Crippen LogP) is 1.96. The smallest absolute Gasteiger partial charge is 0.230 e. The van der Waals surface area contributed by atoms with E-state index in [1.54, 1.807) is 6.20 Å². The highest BCUT2D eigenvalue weighted by atomic mass is 16.5. The lowest BCUT2D eigenvalue weighted by Gasteiger charge is -2.12. The third-order valence-corrected chi connectivity index (χ3v) is 4.09. The Hall–Kier alpha value is -2.67. The number of hydrogen-bond donors (Lipinski definition) is 2. The van der Waals surface area contributed by atoms with Gasteiger partial charge < -0.3 is 15.4 Å². The maximum absolute atomic E-state index is 5.49. The molecule has 0 aliphatic carbocycles. The van der Waals surface area contributed by atoms with Gasteiger partial charge in [0.15, 0.2) is 5.65 Å². The molecule has 1 atom stereocenters. The van der Waals surface area contributed by atoms with Crippen LogP contribution in [-0.2, 0) is 0 Å². The van der Waals surface area contributed by atoms with E-state index >= 15 is 0 Å². The first-order valence-electron chi connectivity index (χ1n) is 8.24. The van der Waals surface area contributed by atoms with Crippen molar-refractivity contribution in [3.05, 3.63) is 36.8 Å². The number of nitrogens with zero attached hydrogens (tertiary/aromatic N) is 4. The summed E-state index contributed by atoms with van der Waals surface area (Å²) in [6, 6.07) is 6.43. The summed E-state index contributed by atoms with van der Waals surface area (Å²) in [7, 11) is 0. The van der Waals surface area contributed by atoms with Gasteiger partial charge in [0.25, 0.3) is 0 Å². The van der Waals surface area contributed by atoms with Crippen LogP contribution in [0.2, 0.25) is 0 Å². The molecule has 1 fully saturated rings. The van der Waals surface area contributed by atoms with Gasteiger partial charge in [-0.1, -0.05) is 6.07 Å². The van der Waals surface area contributed by atoms with Crippen LogP contribution in [0.5, 0.6) is 5.88 Å². The van der Waals surface area contributed by atoms with E-state index in [9.17, 15) is 0 Å². The molecule has 1 aliphatic rings. The van der Waals surface area contributed by atoms with E-state index in [2.05, 4.69) is 20.6 Å². The number of ether oxygens (including phenoxy) is 1. The van der Waals surface area contributed by atoms with Gasteiger partial charge in [0, 0.05) is 12.6 Å². The summed E-state index contributed by atoms with van der Waals surface area (Å²) in [5.74, 6) is 1.46. The Morgan fingerprint density at radius 3 is 3.12 bits per heavy atom. The number of aromatic nitrogens is 4. The minimum absolute atomic E-state index is 0.434. The minimum atomic E-state index is 0.434. The molecule has 3 aromatic rings. The summed E-state index contributed by atoms with van der Waals surface area (Å²) >= 11 is 0. The number of fused-ring (bicyclic) bond motifs is 1. The van der Waals surface area contributed by atoms with E-state index in [1.807, 2.05) is 41.9 Å². The minimum Gasteiger partial charge on any atom is -0.477 e. The average Bonchev–Trinajstić information content (AvgIpc) is 3.24. The van der Waals surface area contributed by atoms with Crippen molar-refractivity contribution in [1.82, 2.24) is 24.7 Å². The number of imidazole rings is 1. The monoisotopic (exact) mass is 324 g/mol. The number of nitrogens with one attached hydrogen (secondary N) is 2. The van der Waals surface area contributed by atoms with Crippen molar-refractivity contribution in [2.24, 2.45) is 0 Å². The average molecular weight is 324 g/mol. The SMILES string of the molecule is CCOc1cn2c(-c3cccc(NC4CCNC4)n3)cnc2cn1. The molecule has 4 heterocycles. The van der Waals surface area contributed by atoms with Crippen molar-refractivity contribution in [3.8, 4) is 17.3 Å². The second kappa shape index (κ2) is 6.45. The van der Waals surface area contributed by atoms with Crippen molar-refractivity contribution in [2.45, 2.75) is 19.4 Å². The molecule has 1 saturated heterocycles. The van der Waals surface area contributed by atoms with Crippen LogP contribution in [0.4, 0.5) is 5.82 Å². The summed E-state index contributed by atoms with van der Waals surface area (Å²) in [6.07, 6.45) is 6.49. The Morgan fingerprint density at radius 2 is 2.29 bits per heavy atom. The van der Waals surface area contributed by atoms with E-state index in [1.165, 1.54) is 0 Å². The summed E-state index contributed by atoms with van der Waals surface area (Å²) < 4.78 is 7.45. The normalized spacial score (nSPS) is 17.3. The molecule has 4 rings (SSSR count). The highest BCUT2D eigenvalue weighted by Crippen LogP contribution is 2.22. The first-order valence-corrected chi connectivity index (χ1v) is 8.24. The number of hydrogen-bond acceptors (Lipinski definition) is 6. The molecule has 0 amide bonds. The van der Waals surface area contributed by atoms with Gasteiger partial charge in [-0.25, -0.2) is 15.0 Å². The molecular formula is C17H20N6O. The lowest BCUT2D eigenvalue weighted by atomic mass is 10.2. The molecule has 7 heteroatoms. The lowest BCUT2D eigenvalue weighted by molar-refractivity contribution is 0.325. The Morgan fingerprint density at radius 1 is 1.33 bits per heavy atom. The molecule has 2 N–H and O–H groups in total. The molecular weight excluding hydrogens is 304 g/mol. The predicted molar refractivity (Wildman–Crippen MR) is 92.3 cm³/mol. The fraction of sp³-hybridized carbons (Fsp3) is 0.353. The molecule has 0 bridgehead atoms. The third-order valence-electron chi connectivity index (χ3n) is 4.09. The van der Waals surface area contributed by atoms with Crippen molar-refractivity contribution in [1.29, 1.82) is 0 Å². The van der Waals surface area contributed by atoms with Crippen LogP contribution in [0.25, 0.3) is 17.0 Å². The van der Waals surface area contributed by atoms with Gasteiger partial charge in [-0.3, -0.25) is 4.40 Å². The molecule has 0 saturated carbocycles. The fourth-order valence-corrected chi connectivity index (χ4v) is 2.93. The highest BCUT2D eigenvalue weighted by molar-refractivity contribution is 5.61. The number of pyridine rings is 1. The second-order valence-electron chi connectivity index (χ2n) is 5.77. The first-order chi connectivity index (χ1) is 11.8. The first kappa shape index (κ1) is 14.9. The summed E-state index contributed by atoms with van der Waals surface area (Å²) in [4.78, 5) is 13.4. The van der Waals surface area contributed by atoms with Crippen LogP contribution >= 0.6 is 0 Å². The van der Waals surface area contributed by atoms with Crippen molar-refractivity contribution in [2.75, 3.05) is 25.0 Å². The van der Waals surface area contributed by atoms with Crippen molar-refractivity contribution >= 4 is 11.5 Å². The van der Waals surface area contributed by atoms with E-state index in [0.717, 1.165) is 42.4 Å². The van der Waals surface area contributed by atoms with Crippen LogP contribution in [-0.4, -0.2) is 45.1 Å². The van der Waals surface area contributed by atoms with Crippen LogP contribution in [0.1, 0.15) is 13.3 Å². The second-order valence-corrected chi connectivity index (χ2v) is 5.77. The van der Waals surface area contributed by atoms with Gasteiger partial charge in [0.05, 0.1) is 36.6 Å². The Kier molecular flexibility index (Phi) is 4.00. The highest BCUT2D eigenvalue weighted by Gasteiger charge is 2.15. The standard InChI is InChI=1S/C17H20N6O/c1-2-24-17-11-23-14(9-19-16(23)10-20-17)13-4-3-5-15(22-13)21-12-6-7-18-8-12/h3-5,9-12,18H,2,6-8H2,1H3,(H,21,22). The van der Waals surface area contributed by atoms with Crippen LogP contribution in [0.3, 0.4) is 0 Å². The molecule has 0 radical (unpaired) electrons. The topological polar surface area (TPSA) is 76.4 Å². The summed E-state index contributed by atoms with van der Waals surface area (Å²) in [5, 5.41) is 6.83. The van der Waals surface area contributed by atoms with Crippen LogP contribution < -0.4 is 15.4 Å². The van der Waals surface area contributed by atoms with Crippen molar-refractivity contribution in [3.63, 3.8) is 0 Å². The molecule has 0 spiro atoms. The van der Waals surface area contributed by atoms with Crippen molar-refractivity contribution < 1.29 is 4.74 Å². The molecule has 7 nitrogen and oxygen atoms in total. The zero-order valence-corrected chi connectivity index (χ0v) is 13.6. The van der Waals surface area contributed by atoms with Crippen LogP contribution in [0.15, 0.2) is 36.8 Å². The molecule has 124 valence electrons. The Balaban J connectivity index is 1.67. The third kappa shape index (κ3) is 2.90. The largest absolute Gasteiger partial charge is 0.477 e. The lowest BCUT2D eigenvalue weighted by Crippen LogP contribution is -2.22. The molecule has 0 aromatic carbocycles. The molecule has 3 aromatic heterocycles. The maximum atomic E-state index is 5.49.